The first-order valence-electron chi connectivity index (χ1n) is 4.27. The van der Waals surface area contributed by atoms with Crippen LogP contribution in [0.25, 0.3) is 0 Å². The average Bonchev–Trinajstić information content (AvgIpc) is 2.63. The van der Waals surface area contributed by atoms with E-state index < -0.39 is 0 Å². The standard InChI is InChI=1S/C9H13NO2/c11-8-3-4-10(6-8)7-9-2-1-5-12-9/h1-2,5,8,11H,3-4,6-7H2. The Morgan fingerprint density at radius 3 is 3.17 bits per heavy atom. The van der Waals surface area contributed by atoms with Gasteiger partial charge in [-0.3, -0.25) is 4.90 Å². The minimum atomic E-state index is -0.139. The van der Waals surface area contributed by atoms with Crippen LogP contribution in [0.1, 0.15) is 12.2 Å². The second kappa shape index (κ2) is 3.29. The number of hydrogen-bond acceptors (Lipinski definition) is 3. The van der Waals surface area contributed by atoms with E-state index in [-0.39, 0.29) is 6.10 Å². The van der Waals surface area contributed by atoms with E-state index in [9.17, 15) is 5.11 Å². The molecule has 1 atom stereocenters. The number of furan rings is 1. The van der Waals surface area contributed by atoms with Crippen molar-refractivity contribution >= 4 is 0 Å². The minimum absolute atomic E-state index is 0.139. The van der Waals surface area contributed by atoms with Crippen LogP contribution in [0.2, 0.25) is 0 Å². The molecule has 0 aromatic carbocycles. The van der Waals surface area contributed by atoms with Crippen LogP contribution >= 0.6 is 0 Å². The molecule has 0 amide bonds. The zero-order valence-corrected chi connectivity index (χ0v) is 6.94. The van der Waals surface area contributed by atoms with Crippen molar-refractivity contribution in [2.24, 2.45) is 0 Å². The molecule has 1 aromatic heterocycles. The van der Waals surface area contributed by atoms with Crippen molar-refractivity contribution in [1.29, 1.82) is 0 Å². The molecule has 0 saturated carbocycles. The number of nitrogens with zero attached hydrogens (tertiary/aromatic N) is 1. The molecule has 12 heavy (non-hydrogen) atoms. The number of likely N-dealkylation sites (tertiary alicyclic amines) is 1. The van der Waals surface area contributed by atoms with Crippen molar-refractivity contribution in [2.45, 2.75) is 19.1 Å². The SMILES string of the molecule is OC1CCN(Cc2ccco2)C1. The smallest absolute Gasteiger partial charge is 0.117 e. The Bertz CT molecular complexity index is 233. The molecular weight excluding hydrogens is 154 g/mol. The van der Waals surface area contributed by atoms with Crippen molar-refractivity contribution in [3.05, 3.63) is 24.2 Å². The molecule has 2 heterocycles. The summed E-state index contributed by atoms with van der Waals surface area (Å²) in [4.78, 5) is 2.20. The van der Waals surface area contributed by atoms with Crippen LogP contribution in [0, 0.1) is 0 Å². The highest BCUT2D eigenvalue weighted by molar-refractivity contribution is 4.98. The Balaban J connectivity index is 1.88. The molecule has 2 rings (SSSR count). The zero-order valence-electron chi connectivity index (χ0n) is 6.94. The van der Waals surface area contributed by atoms with Crippen LogP contribution in [-0.2, 0) is 6.54 Å². The van der Waals surface area contributed by atoms with E-state index in [4.69, 9.17) is 4.42 Å². The molecule has 0 spiro atoms. The summed E-state index contributed by atoms with van der Waals surface area (Å²) in [5.74, 6) is 0.976. The van der Waals surface area contributed by atoms with Crippen LogP contribution in [0.4, 0.5) is 0 Å². The van der Waals surface area contributed by atoms with Gasteiger partial charge in [-0.25, -0.2) is 0 Å². The van der Waals surface area contributed by atoms with Gasteiger partial charge in [0.1, 0.15) is 5.76 Å². The largest absolute Gasteiger partial charge is 0.468 e. The summed E-state index contributed by atoms with van der Waals surface area (Å²) in [7, 11) is 0. The lowest BCUT2D eigenvalue weighted by Crippen LogP contribution is -2.21. The summed E-state index contributed by atoms with van der Waals surface area (Å²) in [6.45, 7) is 2.58. The third kappa shape index (κ3) is 1.68. The first-order chi connectivity index (χ1) is 5.84. The monoisotopic (exact) mass is 167 g/mol. The van der Waals surface area contributed by atoms with Crippen LogP contribution in [0.3, 0.4) is 0 Å². The maximum absolute atomic E-state index is 9.26. The van der Waals surface area contributed by atoms with Crippen molar-refractivity contribution < 1.29 is 9.52 Å². The van der Waals surface area contributed by atoms with Gasteiger partial charge >= 0.3 is 0 Å². The second-order valence-corrected chi connectivity index (χ2v) is 3.26. The van der Waals surface area contributed by atoms with Crippen LogP contribution in [-0.4, -0.2) is 29.2 Å². The first kappa shape index (κ1) is 7.83. The van der Waals surface area contributed by atoms with Gasteiger partial charge in [0.15, 0.2) is 0 Å². The fourth-order valence-corrected chi connectivity index (χ4v) is 1.58. The van der Waals surface area contributed by atoms with Gasteiger partial charge in [-0.1, -0.05) is 0 Å². The van der Waals surface area contributed by atoms with Crippen LogP contribution < -0.4 is 0 Å². The molecule has 3 heteroatoms. The predicted molar refractivity (Wildman–Crippen MR) is 44.6 cm³/mol. The Kier molecular flexibility index (Phi) is 2.15. The summed E-state index contributed by atoms with van der Waals surface area (Å²) in [6.07, 6.45) is 2.43. The van der Waals surface area contributed by atoms with Crippen LogP contribution in [0.15, 0.2) is 22.8 Å². The quantitative estimate of drug-likeness (QED) is 0.709. The Morgan fingerprint density at radius 1 is 1.67 bits per heavy atom. The summed E-state index contributed by atoms with van der Waals surface area (Å²) < 4.78 is 5.21. The van der Waals surface area contributed by atoms with Gasteiger partial charge < -0.3 is 9.52 Å². The fraction of sp³-hybridized carbons (Fsp3) is 0.556. The van der Waals surface area contributed by atoms with Gasteiger partial charge in [0.25, 0.3) is 0 Å². The lowest BCUT2D eigenvalue weighted by atomic mass is 10.3. The molecule has 1 aliphatic rings. The second-order valence-electron chi connectivity index (χ2n) is 3.26. The van der Waals surface area contributed by atoms with Gasteiger partial charge in [0, 0.05) is 13.1 Å². The van der Waals surface area contributed by atoms with E-state index in [0.29, 0.717) is 0 Å². The summed E-state index contributed by atoms with van der Waals surface area (Å²) in [5, 5.41) is 9.26. The lowest BCUT2D eigenvalue weighted by molar-refractivity contribution is 0.172. The number of β-amino-alcohol motifs (C(OH)–C–C–N with tert-alkyl or cyclic N) is 1. The topological polar surface area (TPSA) is 36.6 Å². The maximum atomic E-state index is 9.26. The lowest BCUT2D eigenvalue weighted by Gasteiger charge is -2.11. The molecule has 0 aliphatic carbocycles. The van der Waals surface area contributed by atoms with Gasteiger partial charge in [-0.05, 0) is 18.6 Å². The molecule has 3 nitrogen and oxygen atoms in total. The van der Waals surface area contributed by atoms with E-state index >= 15 is 0 Å². The van der Waals surface area contributed by atoms with Gasteiger partial charge in [-0.2, -0.15) is 0 Å². The van der Waals surface area contributed by atoms with E-state index in [1.807, 2.05) is 12.1 Å². The van der Waals surface area contributed by atoms with Crippen molar-refractivity contribution in [3.8, 4) is 0 Å². The molecule has 1 unspecified atom stereocenters. The summed E-state index contributed by atoms with van der Waals surface area (Å²) in [5.41, 5.74) is 0. The summed E-state index contributed by atoms with van der Waals surface area (Å²) in [6, 6.07) is 3.85. The van der Waals surface area contributed by atoms with Gasteiger partial charge in [0.05, 0.1) is 18.9 Å². The Labute approximate surface area is 71.6 Å². The molecule has 1 N–H and O–H groups in total. The molecule has 1 aliphatic heterocycles. The molecule has 1 aromatic rings. The van der Waals surface area contributed by atoms with Crippen molar-refractivity contribution in [2.75, 3.05) is 13.1 Å². The molecule has 0 bridgehead atoms. The molecule has 1 fully saturated rings. The van der Waals surface area contributed by atoms with Gasteiger partial charge in [-0.15, -0.1) is 0 Å². The summed E-state index contributed by atoms with van der Waals surface area (Å²) >= 11 is 0. The zero-order chi connectivity index (χ0) is 8.39. The van der Waals surface area contributed by atoms with E-state index in [1.165, 1.54) is 0 Å². The van der Waals surface area contributed by atoms with Crippen LogP contribution in [0.5, 0.6) is 0 Å². The number of hydrogen-bond donors (Lipinski definition) is 1. The Hall–Kier alpha value is -0.800. The maximum Gasteiger partial charge on any atom is 0.117 e. The van der Waals surface area contributed by atoms with E-state index in [0.717, 1.165) is 31.8 Å². The van der Waals surface area contributed by atoms with E-state index in [2.05, 4.69) is 4.90 Å². The molecule has 0 radical (unpaired) electrons. The highest BCUT2D eigenvalue weighted by atomic mass is 16.3. The third-order valence-corrected chi connectivity index (χ3v) is 2.21. The Morgan fingerprint density at radius 2 is 2.58 bits per heavy atom. The predicted octanol–water partition coefficient (Wildman–Crippen LogP) is 0.846. The molecular formula is C9H13NO2. The fourth-order valence-electron chi connectivity index (χ4n) is 1.58. The average molecular weight is 167 g/mol. The normalized spacial score (nSPS) is 24.9. The minimum Gasteiger partial charge on any atom is -0.468 e. The van der Waals surface area contributed by atoms with Crippen molar-refractivity contribution in [1.82, 2.24) is 4.90 Å². The highest BCUT2D eigenvalue weighted by Gasteiger charge is 2.20. The number of rotatable bonds is 2. The molecule has 1 saturated heterocycles. The third-order valence-electron chi connectivity index (χ3n) is 2.21. The number of aliphatic hydroxyl groups excluding tert-OH is 1. The number of aliphatic hydroxyl groups is 1. The van der Waals surface area contributed by atoms with Gasteiger partial charge in [0.2, 0.25) is 0 Å². The molecule has 66 valence electrons. The van der Waals surface area contributed by atoms with E-state index in [1.54, 1.807) is 6.26 Å². The first-order valence-corrected chi connectivity index (χ1v) is 4.27. The van der Waals surface area contributed by atoms with Crippen molar-refractivity contribution in [3.63, 3.8) is 0 Å². The highest BCUT2D eigenvalue weighted by Crippen LogP contribution is 2.13.